The predicted molar refractivity (Wildman–Crippen MR) is 75.5 cm³/mol. The number of nitrogens with zero attached hydrogens (tertiary/aromatic N) is 1. The molecule has 1 N–H and O–H groups in total. The fourth-order valence-electron chi connectivity index (χ4n) is 2.76. The maximum absolute atomic E-state index is 10.7. The van der Waals surface area contributed by atoms with Crippen molar-refractivity contribution in [2.45, 2.75) is 25.7 Å². The summed E-state index contributed by atoms with van der Waals surface area (Å²) in [7, 11) is 0. The van der Waals surface area contributed by atoms with Crippen LogP contribution in [0.3, 0.4) is 0 Å². The summed E-state index contributed by atoms with van der Waals surface area (Å²) in [5.41, 5.74) is 0.843. The van der Waals surface area contributed by atoms with Crippen LogP contribution in [0, 0.1) is 27.9 Å². The first-order valence-electron chi connectivity index (χ1n) is 6.83. The van der Waals surface area contributed by atoms with Gasteiger partial charge in [-0.3, -0.25) is 10.1 Å². The minimum atomic E-state index is -0.424. The number of hydrogen-bond donors (Lipinski definition) is 1. The van der Waals surface area contributed by atoms with Crippen molar-refractivity contribution in [2.24, 2.45) is 17.8 Å². The van der Waals surface area contributed by atoms with Crippen LogP contribution in [0.25, 0.3) is 0 Å². The third-order valence-corrected chi connectivity index (χ3v) is 4.46. The minimum Gasteiger partial charge on any atom is -0.384 e. The van der Waals surface area contributed by atoms with Crippen LogP contribution in [0.4, 0.5) is 11.4 Å². The van der Waals surface area contributed by atoms with E-state index in [0.29, 0.717) is 5.02 Å². The van der Waals surface area contributed by atoms with Crippen molar-refractivity contribution in [2.75, 3.05) is 11.9 Å². The smallest absolute Gasteiger partial charge is 0.271 e. The summed E-state index contributed by atoms with van der Waals surface area (Å²) >= 11 is 6.08. The van der Waals surface area contributed by atoms with Crippen LogP contribution < -0.4 is 5.32 Å². The molecule has 0 saturated heterocycles. The lowest BCUT2D eigenvalue weighted by Gasteiger charge is -2.17. The second-order valence-electron chi connectivity index (χ2n) is 5.64. The molecular formula is C14H17ClN2O2. The molecule has 0 amide bonds. The molecule has 2 aliphatic carbocycles. The highest BCUT2D eigenvalue weighted by Crippen LogP contribution is 2.49. The second-order valence-corrected chi connectivity index (χ2v) is 6.05. The SMILES string of the molecule is O=[N+]([O-])c1ccc(NCC(C2CC2)C2CC2)c(Cl)c1. The number of hydrogen-bond acceptors (Lipinski definition) is 3. The molecule has 2 aliphatic rings. The summed E-state index contributed by atoms with van der Waals surface area (Å²) in [6.45, 7) is 0.937. The number of nitro benzene ring substituents is 1. The van der Waals surface area contributed by atoms with E-state index in [1.54, 1.807) is 6.07 Å². The Morgan fingerprint density at radius 1 is 1.32 bits per heavy atom. The van der Waals surface area contributed by atoms with Crippen molar-refractivity contribution >= 4 is 23.0 Å². The first-order chi connectivity index (χ1) is 9.15. The maximum Gasteiger partial charge on any atom is 0.271 e. The normalized spacial score (nSPS) is 18.6. The van der Waals surface area contributed by atoms with Gasteiger partial charge in [0.05, 0.1) is 15.6 Å². The topological polar surface area (TPSA) is 55.2 Å². The molecule has 0 spiro atoms. The van der Waals surface area contributed by atoms with E-state index in [1.807, 2.05) is 0 Å². The highest BCUT2D eigenvalue weighted by molar-refractivity contribution is 6.33. The van der Waals surface area contributed by atoms with Crippen LogP contribution in [0.2, 0.25) is 5.02 Å². The zero-order chi connectivity index (χ0) is 13.4. The number of rotatable bonds is 6. The van der Waals surface area contributed by atoms with Crippen molar-refractivity contribution < 1.29 is 4.92 Å². The van der Waals surface area contributed by atoms with Crippen molar-refractivity contribution in [3.63, 3.8) is 0 Å². The number of halogens is 1. The first kappa shape index (κ1) is 12.7. The van der Waals surface area contributed by atoms with Crippen molar-refractivity contribution in [3.8, 4) is 0 Å². The average molecular weight is 281 g/mol. The first-order valence-corrected chi connectivity index (χ1v) is 7.21. The fourth-order valence-corrected chi connectivity index (χ4v) is 3.00. The van der Waals surface area contributed by atoms with Gasteiger partial charge in [-0.25, -0.2) is 0 Å². The van der Waals surface area contributed by atoms with Gasteiger partial charge in [-0.2, -0.15) is 0 Å². The van der Waals surface area contributed by atoms with E-state index >= 15 is 0 Å². The Balaban J connectivity index is 1.64. The standard InChI is InChI=1S/C14H17ClN2O2/c15-13-7-11(17(18)19)5-6-14(13)16-8-12(9-1-2-9)10-3-4-10/h5-7,9-10,12,16H,1-4,8H2. The number of nitro groups is 1. The zero-order valence-electron chi connectivity index (χ0n) is 10.6. The van der Waals surface area contributed by atoms with Gasteiger partial charge >= 0.3 is 0 Å². The highest BCUT2D eigenvalue weighted by atomic mass is 35.5. The third kappa shape index (κ3) is 3.00. The Kier molecular flexibility index (Phi) is 3.35. The van der Waals surface area contributed by atoms with E-state index in [-0.39, 0.29) is 5.69 Å². The molecule has 3 rings (SSSR count). The molecule has 5 heteroatoms. The molecule has 0 atom stereocenters. The van der Waals surface area contributed by atoms with E-state index < -0.39 is 4.92 Å². The Labute approximate surface area is 117 Å². The molecule has 4 nitrogen and oxygen atoms in total. The van der Waals surface area contributed by atoms with E-state index in [1.165, 1.54) is 37.8 Å². The lowest BCUT2D eigenvalue weighted by Crippen LogP contribution is -2.18. The largest absolute Gasteiger partial charge is 0.384 e. The predicted octanol–water partition coefficient (Wildman–Crippen LogP) is 4.10. The molecule has 1 aromatic rings. The monoisotopic (exact) mass is 280 g/mol. The minimum absolute atomic E-state index is 0.0384. The van der Waals surface area contributed by atoms with Crippen molar-refractivity contribution in [1.29, 1.82) is 0 Å². The average Bonchev–Trinajstić information content (AvgIpc) is 3.25. The lowest BCUT2D eigenvalue weighted by atomic mass is 9.98. The van der Waals surface area contributed by atoms with Crippen LogP contribution in [0.5, 0.6) is 0 Å². The summed E-state index contributed by atoms with van der Waals surface area (Å²) < 4.78 is 0. The van der Waals surface area contributed by atoms with Crippen LogP contribution in [0.15, 0.2) is 18.2 Å². The quantitative estimate of drug-likeness (QED) is 0.630. The van der Waals surface area contributed by atoms with Crippen molar-refractivity contribution in [3.05, 3.63) is 33.3 Å². The summed E-state index contributed by atoms with van der Waals surface area (Å²) in [4.78, 5) is 10.2. The summed E-state index contributed by atoms with van der Waals surface area (Å²) in [5.74, 6) is 2.53. The van der Waals surface area contributed by atoms with Gasteiger partial charge in [-0.1, -0.05) is 11.6 Å². The Hall–Kier alpha value is -1.29. The van der Waals surface area contributed by atoms with Crippen LogP contribution in [-0.4, -0.2) is 11.5 Å². The molecular weight excluding hydrogens is 264 g/mol. The van der Waals surface area contributed by atoms with Crippen molar-refractivity contribution in [1.82, 2.24) is 0 Å². The lowest BCUT2D eigenvalue weighted by molar-refractivity contribution is -0.384. The molecule has 0 unspecified atom stereocenters. The van der Waals surface area contributed by atoms with E-state index in [4.69, 9.17) is 11.6 Å². The van der Waals surface area contributed by atoms with Crippen LogP contribution in [-0.2, 0) is 0 Å². The van der Waals surface area contributed by atoms with Crippen LogP contribution in [0.1, 0.15) is 25.7 Å². The molecule has 0 aromatic heterocycles. The number of non-ortho nitro benzene ring substituents is 1. The number of benzene rings is 1. The van der Waals surface area contributed by atoms with Gasteiger partial charge in [0.1, 0.15) is 0 Å². The fraction of sp³-hybridized carbons (Fsp3) is 0.571. The van der Waals surface area contributed by atoms with E-state index in [9.17, 15) is 10.1 Å². The zero-order valence-corrected chi connectivity index (χ0v) is 11.4. The molecule has 0 aliphatic heterocycles. The van der Waals surface area contributed by atoms with Gasteiger partial charge in [0.15, 0.2) is 0 Å². The van der Waals surface area contributed by atoms with E-state index in [2.05, 4.69) is 5.32 Å². The van der Waals surface area contributed by atoms with Gasteiger partial charge in [0, 0.05) is 18.7 Å². The number of nitrogens with one attached hydrogen (secondary N) is 1. The molecule has 2 fully saturated rings. The molecule has 0 radical (unpaired) electrons. The van der Waals surface area contributed by atoms with Gasteiger partial charge in [-0.05, 0) is 49.5 Å². The summed E-state index contributed by atoms with van der Waals surface area (Å²) in [6.07, 6.45) is 5.43. The van der Waals surface area contributed by atoms with Gasteiger partial charge in [0.2, 0.25) is 0 Å². The van der Waals surface area contributed by atoms with Gasteiger partial charge in [-0.15, -0.1) is 0 Å². The third-order valence-electron chi connectivity index (χ3n) is 4.15. The number of anilines is 1. The van der Waals surface area contributed by atoms with Crippen LogP contribution >= 0.6 is 11.6 Å². The molecule has 102 valence electrons. The Morgan fingerprint density at radius 2 is 1.95 bits per heavy atom. The molecule has 2 saturated carbocycles. The second kappa shape index (κ2) is 5.00. The highest BCUT2D eigenvalue weighted by Gasteiger charge is 2.41. The molecule has 0 bridgehead atoms. The van der Waals surface area contributed by atoms with Gasteiger partial charge < -0.3 is 5.32 Å². The Morgan fingerprint density at radius 3 is 2.42 bits per heavy atom. The van der Waals surface area contributed by atoms with E-state index in [0.717, 1.165) is 30.0 Å². The maximum atomic E-state index is 10.7. The molecule has 19 heavy (non-hydrogen) atoms. The summed E-state index contributed by atoms with van der Waals surface area (Å²) in [6, 6.07) is 4.61. The molecule has 1 aromatic carbocycles. The molecule has 0 heterocycles. The summed E-state index contributed by atoms with van der Waals surface area (Å²) in [5, 5.41) is 14.4. The Bertz CT molecular complexity index is 486. The van der Waals surface area contributed by atoms with Gasteiger partial charge in [0.25, 0.3) is 5.69 Å².